The van der Waals surface area contributed by atoms with Crippen molar-refractivity contribution in [2.24, 2.45) is 5.92 Å². The molecule has 122 valence electrons. The van der Waals surface area contributed by atoms with Crippen molar-refractivity contribution in [2.75, 3.05) is 12.4 Å². The van der Waals surface area contributed by atoms with Gasteiger partial charge in [-0.15, -0.1) is 0 Å². The molecule has 1 N–H and O–H groups in total. The molecular formula is C20H18ClNO2. The van der Waals surface area contributed by atoms with Crippen LogP contribution in [0.15, 0.2) is 54.6 Å². The molecular weight excluding hydrogens is 322 g/mol. The smallest absolute Gasteiger partial charge is 0.337 e. The van der Waals surface area contributed by atoms with Crippen LogP contribution in [0.2, 0.25) is 5.02 Å². The third kappa shape index (κ3) is 2.49. The molecule has 24 heavy (non-hydrogen) atoms. The van der Waals surface area contributed by atoms with Crippen molar-refractivity contribution < 1.29 is 9.53 Å². The zero-order chi connectivity index (χ0) is 16.7. The molecule has 3 nitrogen and oxygen atoms in total. The van der Waals surface area contributed by atoms with Crippen molar-refractivity contribution in [3.63, 3.8) is 0 Å². The SMILES string of the molecule is COC(=O)c1ccc2c(c1)[C@@H]1C=CC[C@@H]1[C@@H](c1cccc(Cl)c1)N2. The van der Waals surface area contributed by atoms with Crippen LogP contribution in [-0.2, 0) is 4.74 Å². The van der Waals surface area contributed by atoms with Crippen LogP contribution in [-0.4, -0.2) is 13.1 Å². The largest absolute Gasteiger partial charge is 0.465 e. The number of esters is 1. The number of methoxy groups -OCH3 is 1. The van der Waals surface area contributed by atoms with E-state index in [1.54, 1.807) is 0 Å². The van der Waals surface area contributed by atoms with Crippen LogP contribution in [0.25, 0.3) is 0 Å². The van der Waals surface area contributed by atoms with Crippen LogP contribution in [0.4, 0.5) is 5.69 Å². The Morgan fingerprint density at radius 2 is 2.12 bits per heavy atom. The summed E-state index contributed by atoms with van der Waals surface area (Å²) < 4.78 is 4.85. The highest BCUT2D eigenvalue weighted by Gasteiger charge is 2.38. The fourth-order valence-corrected chi connectivity index (χ4v) is 4.07. The van der Waals surface area contributed by atoms with Gasteiger partial charge in [0.05, 0.1) is 18.7 Å². The van der Waals surface area contributed by atoms with Crippen LogP contribution in [0.1, 0.15) is 39.9 Å². The van der Waals surface area contributed by atoms with Gasteiger partial charge >= 0.3 is 5.97 Å². The number of nitrogens with one attached hydrogen (secondary N) is 1. The van der Waals surface area contributed by atoms with Gasteiger partial charge < -0.3 is 10.1 Å². The minimum atomic E-state index is -0.298. The maximum absolute atomic E-state index is 11.8. The van der Waals surface area contributed by atoms with Gasteiger partial charge in [-0.1, -0.05) is 35.9 Å². The van der Waals surface area contributed by atoms with Crippen LogP contribution in [0, 0.1) is 5.92 Å². The number of ether oxygens (including phenoxy) is 1. The summed E-state index contributed by atoms with van der Waals surface area (Å²) in [6, 6.07) is 14.0. The van der Waals surface area contributed by atoms with E-state index in [0.29, 0.717) is 17.4 Å². The lowest BCUT2D eigenvalue weighted by molar-refractivity contribution is 0.0600. The van der Waals surface area contributed by atoms with Crippen LogP contribution >= 0.6 is 11.6 Å². The van der Waals surface area contributed by atoms with Gasteiger partial charge in [0.2, 0.25) is 0 Å². The second-order valence-electron chi connectivity index (χ2n) is 6.32. The van der Waals surface area contributed by atoms with Crippen molar-refractivity contribution in [1.82, 2.24) is 0 Å². The molecule has 4 rings (SSSR count). The van der Waals surface area contributed by atoms with Crippen LogP contribution in [0.3, 0.4) is 0 Å². The summed E-state index contributed by atoms with van der Waals surface area (Å²) in [7, 11) is 1.41. The first-order valence-corrected chi connectivity index (χ1v) is 8.46. The minimum absolute atomic E-state index is 0.208. The lowest BCUT2D eigenvalue weighted by Gasteiger charge is -2.37. The first-order valence-electron chi connectivity index (χ1n) is 8.08. The molecule has 3 atom stereocenters. The van der Waals surface area contributed by atoms with E-state index >= 15 is 0 Å². The summed E-state index contributed by atoms with van der Waals surface area (Å²) in [5.41, 5.74) is 4.03. The molecule has 0 amide bonds. The Morgan fingerprint density at radius 3 is 2.92 bits per heavy atom. The summed E-state index contributed by atoms with van der Waals surface area (Å²) in [4.78, 5) is 11.8. The van der Waals surface area contributed by atoms with E-state index in [9.17, 15) is 4.79 Å². The fraction of sp³-hybridized carbons (Fsp3) is 0.250. The number of halogens is 1. The number of fused-ring (bicyclic) bond motifs is 3. The van der Waals surface area contributed by atoms with E-state index in [4.69, 9.17) is 16.3 Å². The average Bonchev–Trinajstić information content (AvgIpc) is 3.10. The molecule has 0 spiro atoms. The summed E-state index contributed by atoms with van der Waals surface area (Å²) in [6.45, 7) is 0. The van der Waals surface area contributed by atoms with Crippen LogP contribution in [0.5, 0.6) is 0 Å². The van der Waals surface area contributed by atoms with E-state index in [1.165, 1.54) is 12.7 Å². The van der Waals surface area contributed by atoms with Crippen molar-refractivity contribution in [1.29, 1.82) is 0 Å². The quantitative estimate of drug-likeness (QED) is 0.621. The molecule has 0 unspecified atom stereocenters. The summed E-state index contributed by atoms with van der Waals surface area (Å²) in [5, 5.41) is 4.40. The van der Waals surface area contributed by atoms with E-state index < -0.39 is 0 Å². The van der Waals surface area contributed by atoms with Gasteiger partial charge in [0.25, 0.3) is 0 Å². The lowest BCUT2D eigenvalue weighted by atomic mass is 9.76. The number of carbonyl (C=O) groups excluding carboxylic acids is 1. The van der Waals surface area contributed by atoms with Gasteiger partial charge in [0, 0.05) is 16.6 Å². The highest BCUT2D eigenvalue weighted by molar-refractivity contribution is 6.30. The molecule has 4 heteroatoms. The van der Waals surface area contributed by atoms with Crippen molar-refractivity contribution in [3.8, 4) is 0 Å². The maximum atomic E-state index is 11.8. The molecule has 1 heterocycles. The fourth-order valence-electron chi connectivity index (χ4n) is 3.87. The van der Waals surface area contributed by atoms with Crippen molar-refractivity contribution in [2.45, 2.75) is 18.4 Å². The summed E-state index contributed by atoms with van der Waals surface area (Å²) >= 11 is 6.18. The van der Waals surface area contributed by atoms with E-state index in [-0.39, 0.29) is 12.0 Å². The predicted octanol–water partition coefficient (Wildman–Crippen LogP) is 4.95. The second-order valence-corrected chi connectivity index (χ2v) is 6.76. The Balaban J connectivity index is 1.76. The maximum Gasteiger partial charge on any atom is 0.337 e. The third-order valence-electron chi connectivity index (χ3n) is 4.99. The molecule has 0 bridgehead atoms. The zero-order valence-electron chi connectivity index (χ0n) is 13.3. The Kier molecular flexibility index (Phi) is 3.81. The van der Waals surface area contributed by atoms with Crippen molar-refractivity contribution in [3.05, 3.63) is 76.3 Å². The Hall–Kier alpha value is -2.26. The molecule has 0 saturated carbocycles. The normalized spacial score (nSPS) is 24.0. The summed E-state index contributed by atoms with van der Waals surface area (Å²) in [6.07, 6.45) is 5.49. The zero-order valence-corrected chi connectivity index (χ0v) is 14.1. The van der Waals surface area contributed by atoms with Gasteiger partial charge in [-0.2, -0.15) is 0 Å². The number of allylic oxidation sites excluding steroid dienone is 2. The molecule has 0 radical (unpaired) electrons. The van der Waals surface area contributed by atoms with E-state index in [1.807, 2.05) is 36.4 Å². The number of benzene rings is 2. The minimum Gasteiger partial charge on any atom is -0.465 e. The van der Waals surface area contributed by atoms with Gasteiger partial charge in [0.1, 0.15) is 0 Å². The molecule has 2 aromatic rings. The molecule has 0 aromatic heterocycles. The number of hydrogen-bond acceptors (Lipinski definition) is 3. The molecule has 1 aliphatic carbocycles. The molecule has 0 saturated heterocycles. The number of hydrogen-bond donors (Lipinski definition) is 1. The number of rotatable bonds is 2. The average molecular weight is 340 g/mol. The second kappa shape index (κ2) is 5.99. The van der Waals surface area contributed by atoms with Gasteiger partial charge in [-0.25, -0.2) is 4.79 Å². The molecule has 1 aliphatic heterocycles. The third-order valence-corrected chi connectivity index (χ3v) is 5.23. The van der Waals surface area contributed by atoms with Gasteiger partial charge in [-0.05, 0) is 53.8 Å². The Labute approximate surface area is 146 Å². The summed E-state index contributed by atoms with van der Waals surface area (Å²) in [5.74, 6) is 0.423. The Bertz CT molecular complexity index is 830. The van der Waals surface area contributed by atoms with Gasteiger partial charge in [-0.3, -0.25) is 0 Å². The molecule has 0 fully saturated rings. The number of carbonyl (C=O) groups is 1. The first-order chi connectivity index (χ1) is 11.7. The van der Waals surface area contributed by atoms with E-state index in [0.717, 1.165) is 22.7 Å². The molecule has 2 aromatic carbocycles. The van der Waals surface area contributed by atoms with Crippen LogP contribution < -0.4 is 5.32 Å². The first kappa shape index (κ1) is 15.3. The topological polar surface area (TPSA) is 38.3 Å². The monoisotopic (exact) mass is 339 g/mol. The van der Waals surface area contributed by atoms with E-state index in [2.05, 4.69) is 23.5 Å². The predicted molar refractivity (Wildman–Crippen MR) is 95.6 cm³/mol. The standard InChI is InChI=1S/C20H18ClNO2/c1-24-20(23)13-8-9-18-17(11-13)15-6-3-7-16(15)19(22-18)12-4-2-5-14(21)10-12/h2-6,8-11,15-16,19,22H,7H2,1H3/t15-,16+,19-/m1/s1. The highest BCUT2D eigenvalue weighted by atomic mass is 35.5. The Morgan fingerprint density at radius 1 is 1.25 bits per heavy atom. The molecule has 2 aliphatic rings. The van der Waals surface area contributed by atoms with Crippen molar-refractivity contribution >= 4 is 23.3 Å². The number of anilines is 1. The lowest BCUT2D eigenvalue weighted by Crippen LogP contribution is -2.29. The highest BCUT2D eigenvalue weighted by Crippen LogP contribution is 2.50. The van der Waals surface area contributed by atoms with Gasteiger partial charge in [0.15, 0.2) is 0 Å².